The number of hydrogen-bond donors (Lipinski definition) is 1. The fourth-order valence-corrected chi connectivity index (χ4v) is 3.41. The number of thioether (sulfide) groups is 1. The lowest BCUT2D eigenvalue weighted by Gasteiger charge is -2.35. The monoisotopic (exact) mass is 265 g/mol. The molecule has 2 nitrogen and oxygen atoms in total. The van der Waals surface area contributed by atoms with E-state index >= 15 is 0 Å². The Kier molecular flexibility index (Phi) is 5.54. The number of piperidine rings is 1. The molecule has 3 heteroatoms. The summed E-state index contributed by atoms with van der Waals surface area (Å²) in [7, 11) is 0. The van der Waals surface area contributed by atoms with Gasteiger partial charge in [-0.1, -0.05) is 24.6 Å². The first-order valence-electron chi connectivity index (χ1n) is 6.82. The highest BCUT2D eigenvalue weighted by Crippen LogP contribution is 2.26. The van der Waals surface area contributed by atoms with Gasteiger partial charge in [0.1, 0.15) is 0 Å². The quantitative estimate of drug-likeness (QED) is 0.827. The van der Waals surface area contributed by atoms with Gasteiger partial charge in [0, 0.05) is 24.1 Å². The third-order valence-electron chi connectivity index (χ3n) is 3.78. The van der Waals surface area contributed by atoms with Gasteiger partial charge >= 0.3 is 0 Å². The Hall–Kier alpha value is -0.510. The van der Waals surface area contributed by atoms with Gasteiger partial charge in [0.2, 0.25) is 0 Å². The van der Waals surface area contributed by atoms with E-state index in [0.29, 0.717) is 12.6 Å². The van der Waals surface area contributed by atoms with Gasteiger partial charge in [0.05, 0.1) is 0 Å². The molecule has 1 unspecified atom stereocenters. The maximum atomic E-state index is 9.17. The summed E-state index contributed by atoms with van der Waals surface area (Å²) in [6.07, 6.45) is 6.90. The van der Waals surface area contributed by atoms with E-state index in [1.165, 1.54) is 36.3 Å². The molecule has 0 saturated carbocycles. The number of rotatable bonds is 5. The Morgan fingerprint density at radius 3 is 2.94 bits per heavy atom. The molecule has 2 rings (SSSR count). The van der Waals surface area contributed by atoms with Crippen LogP contribution in [0.1, 0.15) is 31.2 Å². The largest absolute Gasteiger partial charge is 0.396 e. The summed E-state index contributed by atoms with van der Waals surface area (Å²) in [6, 6.07) is 9.23. The van der Waals surface area contributed by atoms with Crippen molar-refractivity contribution >= 4 is 11.8 Å². The van der Waals surface area contributed by atoms with Crippen molar-refractivity contribution in [3.63, 3.8) is 0 Å². The van der Waals surface area contributed by atoms with Gasteiger partial charge in [-0.05, 0) is 43.7 Å². The minimum Gasteiger partial charge on any atom is -0.396 e. The van der Waals surface area contributed by atoms with E-state index in [9.17, 15) is 5.11 Å². The van der Waals surface area contributed by atoms with E-state index < -0.39 is 0 Å². The van der Waals surface area contributed by atoms with Crippen molar-refractivity contribution in [3.05, 3.63) is 29.8 Å². The van der Waals surface area contributed by atoms with E-state index in [1.54, 1.807) is 0 Å². The summed E-state index contributed by atoms with van der Waals surface area (Å²) in [5.41, 5.74) is 1.43. The number of aliphatic hydroxyl groups excluding tert-OH is 1. The fourth-order valence-electron chi connectivity index (χ4n) is 2.80. The van der Waals surface area contributed by atoms with Crippen molar-refractivity contribution in [1.29, 1.82) is 0 Å². The number of benzene rings is 1. The molecule has 0 radical (unpaired) electrons. The maximum Gasteiger partial charge on any atom is 0.0445 e. The van der Waals surface area contributed by atoms with Crippen LogP contribution in [-0.2, 0) is 6.54 Å². The summed E-state index contributed by atoms with van der Waals surface area (Å²) in [5.74, 6) is 0. The van der Waals surface area contributed by atoms with Crippen LogP contribution in [-0.4, -0.2) is 35.5 Å². The number of likely N-dealkylation sites (tertiary alicyclic amines) is 1. The van der Waals surface area contributed by atoms with Gasteiger partial charge in [0.15, 0.2) is 0 Å². The van der Waals surface area contributed by atoms with Crippen LogP contribution in [0.15, 0.2) is 29.2 Å². The molecule has 0 spiro atoms. The summed E-state index contributed by atoms with van der Waals surface area (Å²) in [4.78, 5) is 3.93. The number of nitrogens with zero attached hydrogens (tertiary/aromatic N) is 1. The Morgan fingerprint density at radius 2 is 2.17 bits per heavy atom. The third-order valence-corrected chi connectivity index (χ3v) is 4.62. The second-order valence-electron chi connectivity index (χ2n) is 4.94. The lowest BCUT2D eigenvalue weighted by molar-refractivity contribution is 0.112. The van der Waals surface area contributed by atoms with Crippen LogP contribution in [0, 0.1) is 0 Å². The van der Waals surface area contributed by atoms with E-state index in [2.05, 4.69) is 35.4 Å². The Bertz CT molecular complexity index is 367. The average molecular weight is 265 g/mol. The molecule has 0 aromatic heterocycles. The zero-order valence-corrected chi connectivity index (χ0v) is 12.0. The SMILES string of the molecule is CSc1ccccc1CN1CCCCC1CCO. The molecule has 1 aromatic carbocycles. The first-order chi connectivity index (χ1) is 8.85. The molecule has 1 aliphatic heterocycles. The molecule has 0 bridgehead atoms. The minimum absolute atomic E-state index is 0.311. The van der Waals surface area contributed by atoms with Crippen molar-refractivity contribution in [1.82, 2.24) is 4.90 Å². The molecular formula is C15H23NOS. The van der Waals surface area contributed by atoms with Crippen molar-refractivity contribution in [2.24, 2.45) is 0 Å². The molecule has 0 aliphatic carbocycles. The van der Waals surface area contributed by atoms with Crippen molar-refractivity contribution < 1.29 is 5.11 Å². The zero-order valence-electron chi connectivity index (χ0n) is 11.1. The van der Waals surface area contributed by atoms with Crippen LogP contribution in [0.4, 0.5) is 0 Å². The molecule has 0 amide bonds. The molecule has 1 aromatic rings. The average Bonchev–Trinajstić information content (AvgIpc) is 2.42. The van der Waals surface area contributed by atoms with Crippen molar-refractivity contribution in [3.8, 4) is 0 Å². The van der Waals surface area contributed by atoms with Crippen LogP contribution in [0.2, 0.25) is 0 Å². The molecule has 1 aliphatic rings. The first-order valence-corrected chi connectivity index (χ1v) is 8.04. The molecule has 100 valence electrons. The van der Waals surface area contributed by atoms with Gasteiger partial charge in [-0.2, -0.15) is 0 Å². The Labute approximate surface area is 114 Å². The van der Waals surface area contributed by atoms with Gasteiger partial charge in [0.25, 0.3) is 0 Å². The second kappa shape index (κ2) is 7.17. The fraction of sp³-hybridized carbons (Fsp3) is 0.600. The Balaban J connectivity index is 2.05. The van der Waals surface area contributed by atoms with Gasteiger partial charge in [-0.25, -0.2) is 0 Å². The zero-order chi connectivity index (χ0) is 12.8. The van der Waals surface area contributed by atoms with Crippen molar-refractivity contribution in [2.75, 3.05) is 19.4 Å². The molecule has 1 atom stereocenters. The van der Waals surface area contributed by atoms with Crippen molar-refractivity contribution in [2.45, 2.75) is 43.2 Å². The van der Waals surface area contributed by atoms with Crippen LogP contribution in [0.5, 0.6) is 0 Å². The number of aliphatic hydroxyl groups is 1. The highest BCUT2D eigenvalue weighted by atomic mass is 32.2. The molecule has 18 heavy (non-hydrogen) atoms. The second-order valence-corrected chi connectivity index (χ2v) is 5.79. The topological polar surface area (TPSA) is 23.5 Å². The van der Waals surface area contributed by atoms with E-state index in [-0.39, 0.29) is 0 Å². The summed E-state index contributed by atoms with van der Waals surface area (Å²) in [5, 5.41) is 9.17. The molecule has 1 saturated heterocycles. The normalized spacial score (nSPS) is 21.1. The predicted molar refractivity (Wildman–Crippen MR) is 78.0 cm³/mol. The van der Waals surface area contributed by atoms with Gasteiger partial charge < -0.3 is 5.11 Å². The van der Waals surface area contributed by atoms with Crippen LogP contribution < -0.4 is 0 Å². The maximum absolute atomic E-state index is 9.17. The highest BCUT2D eigenvalue weighted by molar-refractivity contribution is 7.98. The lowest BCUT2D eigenvalue weighted by Crippen LogP contribution is -2.39. The van der Waals surface area contributed by atoms with Crippen LogP contribution in [0.25, 0.3) is 0 Å². The van der Waals surface area contributed by atoms with E-state index in [1.807, 2.05) is 11.8 Å². The van der Waals surface area contributed by atoms with Gasteiger partial charge in [-0.15, -0.1) is 11.8 Å². The van der Waals surface area contributed by atoms with Gasteiger partial charge in [-0.3, -0.25) is 4.90 Å². The number of hydrogen-bond acceptors (Lipinski definition) is 3. The van der Waals surface area contributed by atoms with E-state index in [4.69, 9.17) is 0 Å². The molecule has 1 heterocycles. The third kappa shape index (κ3) is 3.50. The molecule has 1 N–H and O–H groups in total. The first kappa shape index (κ1) is 13.9. The standard InChI is InChI=1S/C15H23NOS/c1-18-15-8-3-2-6-13(15)12-16-10-5-4-7-14(16)9-11-17/h2-3,6,8,14,17H,4-5,7,9-12H2,1H3. The summed E-state index contributed by atoms with van der Waals surface area (Å²) in [6.45, 7) is 2.51. The minimum atomic E-state index is 0.311. The van der Waals surface area contributed by atoms with E-state index in [0.717, 1.165) is 13.0 Å². The highest BCUT2D eigenvalue weighted by Gasteiger charge is 2.22. The Morgan fingerprint density at radius 1 is 1.33 bits per heavy atom. The van der Waals surface area contributed by atoms with Crippen LogP contribution in [0.3, 0.4) is 0 Å². The summed E-state index contributed by atoms with van der Waals surface area (Å²) >= 11 is 1.82. The molecule has 1 fully saturated rings. The van der Waals surface area contributed by atoms with Crippen LogP contribution >= 0.6 is 11.8 Å². The molecular weight excluding hydrogens is 242 g/mol. The predicted octanol–water partition coefficient (Wildman–Crippen LogP) is 3.15. The smallest absolute Gasteiger partial charge is 0.0445 e. The summed E-state index contributed by atoms with van der Waals surface area (Å²) < 4.78 is 0. The lowest BCUT2D eigenvalue weighted by atomic mass is 9.99.